The van der Waals surface area contributed by atoms with Crippen LogP contribution in [0.25, 0.3) is 94.7 Å². The number of hydrogen-bond donors (Lipinski definition) is 0. The first-order valence-electron chi connectivity index (χ1n) is 19.3. The minimum absolute atomic E-state index is 0.195. The van der Waals surface area contributed by atoms with Crippen LogP contribution in [0, 0.1) is 0 Å². The van der Waals surface area contributed by atoms with E-state index in [0.29, 0.717) is 17.5 Å². The van der Waals surface area contributed by atoms with Gasteiger partial charge in [-0.3, -0.25) is 0 Å². The lowest BCUT2D eigenvalue weighted by atomic mass is 9.87. The zero-order valence-electron chi connectivity index (χ0n) is 30.6. The Morgan fingerprint density at radius 3 is 2.02 bits per heavy atom. The van der Waals surface area contributed by atoms with Crippen LogP contribution < -0.4 is 0 Å². The van der Waals surface area contributed by atoms with Gasteiger partial charge in [-0.05, 0) is 52.8 Å². The number of aromatic nitrogens is 4. The van der Waals surface area contributed by atoms with Crippen molar-refractivity contribution in [2.75, 3.05) is 0 Å². The molecular weight excluding hydrogens is 717 g/mol. The van der Waals surface area contributed by atoms with Crippen LogP contribution in [0.3, 0.4) is 0 Å². The van der Waals surface area contributed by atoms with E-state index in [-0.39, 0.29) is 5.92 Å². The van der Waals surface area contributed by atoms with Crippen LogP contribution in [-0.4, -0.2) is 19.5 Å². The van der Waals surface area contributed by atoms with Crippen molar-refractivity contribution in [2.24, 2.45) is 0 Å². The Balaban J connectivity index is 1.22. The Kier molecular flexibility index (Phi) is 7.22. The molecule has 0 spiro atoms. The number of nitrogens with zero attached hydrogens (tertiary/aromatic N) is 4. The molecule has 0 amide bonds. The van der Waals surface area contributed by atoms with Gasteiger partial charge in [-0.25, -0.2) is 15.0 Å². The number of benzene rings is 7. The fourth-order valence-electron chi connectivity index (χ4n) is 8.95. The molecule has 1 aliphatic carbocycles. The lowest BCUT2D eigenvalue weighted by Crippen LogP contribution is -2.08. The minimum Gasteiger partial charge on any atom is -0.456 e. The van der Waals surface area contributed by atoms with Gasteiger partial charge in [-0.2, -0.15) is 0 Å². The molecule has 7 aromatic carbocycles. The van der Waals surface area contributed by atoms with E-state index in [4.69, 9.17) is 19.4 Å². The molecule has 0 fully saturated rings. The Hall–Kier alpha value is -7.02. The maximum atomic E-state index is 6.43. The van der Waals surface area contributed by atoms with Gasteiger partial charge >= 0.3 is 0 Å². The lowest BCUT2D eigenvalue weighted by molar-refractivity contribution is 0.669. The van der Waals surface area contributed by atoms with Crippen LogP contribution in [0.1, 0.15) is 17.9 Å². The van der Waals surface area contributed by atoms with E-state index in [2.05, 4.69) is 138 Å². The van der Waals surface area contributed by atoms with Gasteiger partial charge in [0.2, 0.25) is 0 Å². The number of furan rings is 1. The summed E-state index contributed by atoms with van der Waals surface area (Å²) in [5, 5.41) is 4.59. The van der Waals surface area contributed by atoms with Gasteiger partial charge in [0.15, 0.2) is 17.5 Å². The van der Waals surface area contributed by atoms with Crippen LogP contribution in [-0.2, 0) is 0 Å². The highest BCUT2D eigenvalue weighted by Gasteiger charge is 2.35. The number of fused-ring (bicyclic) bond motifs is 9. The van der Waals surface area contributed by atoms with E-state index < -0.39 is 0 Å². The molecule has 57 heavy (non-hydrogen) atoms. The third-order valence-electron chi connectivity index (χ3n) is 11.4. The highest BCUT2D eigenvalue weighted by Crippen LogP contribution is 2.56. The molecule has 3 aromatic heterocycles. The average Bonchev–Trinajstić information content (AvgIpc) is 3.96. The average molecular weight is 749 g/mol. The summed E-state index contributed by atoms with van der Waals surface area (Å²) in [6, 6.07) is 55.3. The molecule has 4 heterocycles. The number of para-hydroxylation sites is 3. The standard InChI is InChI=1S/C51H32N4OS/c1-3-15-31(16-4-1)49-52-50(32-17-5-2-6-18-32)54-51(53-49)47-40(29-30-44-46(47)38-21-9-12-28-43(38)57-44)55-39-25-10-7-19-33(39)35-23-13-24-36(48(35)55)34-22-14-27-42-45(34)37-20-8-11-26-41(37)56-42/h1-20,22-30,38H,21H2. The smallest absolute Gasteiger partial charge is 0.166 e. The minimum atomic E-state index is 0.195. The normalized spacial score (nSPS) is 14.7. The van der Waals surface area contributed by atoms with E-state index in [1.165, 1.54) is 26.1 Å². The molecule has 268 valence electrons. The number of rotatable bonds is 5. The SMILES string of the molecule is C1=CCC2C(=C1)Sc1ccc(-n3c4ccccc4c4cccc(-c5cccc6oc7ccccc7c56)c43)c(-c3nc(-c4ccccc4)nc(-c4ccccc4)n3)c12. The number of thioether (sulfide) groups is 1. The van der Waals surface area contributed by atoms with Crippen LogP contribution in [0.4, 0.5) is 0 Å². The molecular formula is C51H32N4OS. The van der Waals surface area contributed by atoms with Gasteiger partial charge in [0, 0.05) is 54.6 Å². The molecule has 0 radical (unpaired) electrons. The van der Waals surface area contributed by atoms with Crippen molar-refractivity contribution in [3.63, 3.8) is 0 Å². The van der Waals surface area contributed by atoms with Crippen molar-refractivity contribution in [1.82, 2.24) is 19.5 Å². The fraction of sp³-hybridized carbons (Fsp3) is 0.0392. The van der Waals surface area contributed by atoms with Gasteiger partial charge in [0.25, 0.3) is 0 Å². The molecule has 1 unspecified atom stereocenters. The van der Waals surface area contributed by atoms with Crippen molar-refractivity contribution >= 4 is 55.5 Å². The summed E-state index contributed by atoms with van der Waals surface area (Å²) in [6.07, 6.45) is 7.66. The van der Waals surface area contributed by atoms with Gasteiger partial charge in [0.05, 0.1) is 16.7 Å². The second-order valence-electron chi connectivity index (χ2n) is 14.6. The predicted molar refractivity (Wildman–Crippen MR) is 234 cm³/mol. The highest BCUT2D eigenvalue weighted by atomic mass is 32.2. The molecule has 1 aliphatic heterocycles. The van der Waals surface area contributed by atoms with Crippen LogP contribution in [0.2, 0.25) is 0 Å². The summed E-state index contributed by atoms with van der Waals surface area (Å²) in [5.41, 5.74) is 11.5. The van der Waals surface area contributed by atoms with Crippen LogP contribution in [0.15, 0.2) is 190 Å². The largest absolute Gasteiger partial charge is 0.456 e. The summed E-state index contributed by atoms with van der Waals surface area (Å²) >= 11 is 1.87. The van der Waals surface area contributed by atoms with Crippen LogP contribution >= 0.6 is 11.8 Å². The summed E-state index contributed by atoms with van der Waals surface area (Å²) in [6.45, 7) is 0. The number of hydrogen-bond acceptors (Lipinski definition) is 5. The third-order valence-corrected chi connectivity index (χ3v) is 12.7. The quantitative estimate of drug-likeness (QED) is 0.175. The maximum absolute atomic E-state index is 6.43. The molecule has 0 N–H and O–H groups in total. The molecule has 12 rings (SSSR count). The zero-order chi connectivity index (χ0) is 37.5. The van der Waals surface area contributed by atoms with E-state index in [0.717, 1.165) is 72.9 Å². The topological polar surface area (TPSA) is 56.7 Å². The van der Waals surface area contributed by atoms with Gasteiger partial charge < -0.3 is 8.98 Å². The van der Waals surface area contributed by atoms with E-state index >= 15 is 0 Å². The summed E-state index contributed by atoms with van der Waals surface area (Å²) < 4.78 is 8.90. The van der Waals surface area contributed by atoms with Crippen molar-refractivity contribution in [3.8, 4) is 51.0 Å². The van der Waals surface area contributed by atoms with E-state index in [1.807, 2.05) is 54.2 Å². The second kappa shape index (κ2) is 12.8. The summed E-state index contributed by atoms with van der Waals surface area (Å²) in [7, 11) is 0. The molecule has 5 nitrogen and oxygen atoms in total. The maximum Gasteiger partial charge on any atom is 0.166 e. The van der Waals surface area contributed by atoms with Gasteiger partial charge in [-0.1, -0.05) is 157 Å². The Labute approximate surface area is 332 Å². The summed E-state index contributed by atoms with van der Waals surface area (Å²) in [4.78, 5) is 18.5. The molecule has 6 heteroatoms. The molecule has 0 bridgehead atoms. The first-order valence-corrected chi connectivity index (χ1v) is 20.1. The number of allylic oxidation sites excluding steroid dienone is 4. The van der Waals surface area contributed by atoms with Gasteiger partial charge in [-0.15, -0.1) is 0 Å². The van der Waals surface area contributed by atoms with Crippen molar-refractivity contribution < 1.29 is 4.42 Å². The van der Waals surface area contributed by atoms with E-state index in [9.17, 15) is 0 Å². The Morgan fingerprint density at radius 1 is 0.561 bits per heavy atom. The van der Waals surface area contributed by atoms with Crippen LogP contribution in [0.5, 0.6) is 0 Å². The fourth-order valence-corrected chi connectivity index (χ4v) is 10.2. The molecule has 2 aliphatic rings. The summed E-state index contributed by atoms with van der Waals surface area (Å²) in [5.74, 6) is 2.15. The monoisotopic (exact) mass is 748 g/mol. The molecule has 0 saturated heterocycles. The second-order valence-corrected chi connectivity index (χ2v) is 15.7. The van der Waals surface area contributed by atoms with Crippen molar-refractivity contribution in [3.05, 3.63) is 186 Å². The third kappa shape index (κ3) is 5.00. The lowest BCUT2D eigenvalue weighted by Gasteiger charge is -2.22. The molecule has 0 saturated carbocycles. The first-order chi connectivity index (χ1) is 28.3. The van der Waals surface area contributed by atoms with Crippen molar-refractivity contribution in [2.45, 2.75) is 17.2 Å². The molecule has 1 atom stereocenters. The first kappa shape index (κ1) is 32.2. The van der Waals surface area contributed by atoms with E-state index in [1.54, 1.807) is 0 Å². The predicted octanol–water partition coefficient (Wildman–Crippen LogP) is 13.6. The van der Waals surface area contributed by atoms with Gasteiger partial charge in [0.1, 0.15) is 11.2 Å². The zero-order valence-corrected chi connectivity index (χ0v) is 31.4. The Bertz CT molecular complexity index is 3250. The molecule has 10 aromatic rings. The van der Waals surface area contributed by atoms with Crippen molar-refractivity contribution in [1.29, 1.82) is 0 Å². The highest BCUT2D eigenvalue weighted by molar-refractivity contribution is 8.03. The Morgan fingerprint density at radius 2 is 1.21 bits per heavy atom.